The molecule has 0 aliphatic heterocycles. The summed E-state index contributed by atoms with van der Waals surface area (Å²) in [7, 11) is -1.91. The smallest absolute Gasteiger partial charge is 0.192 e. The maximum absolute atomic E-state index is 9.08. The summed E-state index contributed by atoms with van der Waals surface area (Å²) in [5, 5.41) is 9.31. The fourth-order valence-electron chi connectivity index (χ4n) is 8.50. The van der Waals surface area contributed by atoms with E-state index in [0.717, 1.165) is 42.9 Å². The first-order chi connectivity index (χ1) is 15.9. The summed E-state index contributed by atoms with van der Waals surface area (Å²) in [4.78, 5) is 0. The summed E-state index contributed by atoms with van der Waals surface area (Å²) < 4.78 is 7.59. The highest BCUT2D eigenvalue weighted by Crippen LogP contribution is 2.67. The number of hydrogen-bond donors (Lipinski definition) is 0. The Morgan fingerprint density at radius 2 is 1.94 bits per heavy atom. The quantitative estimate of drug-likeness (QED) is 0.215. The lowest BCUT2D eigenvalue weighted by Gasteiger charge is -2.59. The summed E-state index contributed by atoms with van der Waals surface area (Å²) in [5.74, 6) is 3.56. The Balaban J connectivity index is 1.62. The molecule has 0 aromatic rings. The van der Waals surface area contributed by atoms with Crippen LogP contribution in [0.2, 0.25) is 18.1 Å². The lowest BCUT2D eigenvalue weighted by molar-refractivity contribution is -0.113. The number of hydrogen-bond acceptors (Lipinski definition) is 2. The van der Waals surface area contributed by atoms with Gasteiger partial charge in [-0.25, -0.2) is 0 Å². The van der Waals surface area contributed by atoms with Crippen molar-refractivity contribution in [3.05, 3.63) is 23.3 Å². The van der Waals surface area contributed by atoms with Crippen LogP contribution in [0.5, 0.6) is 0 Å². The molecule has 0 N–H and O–H groups in total. The van der Waals surface area contributed by atoms with E-state index in [1.54, 1.807) is 6.08 Å². The monoisotopic (exact) mass is 481 g/mol. The lowest BCUT2D eigenvalue weighted by atomic mass is 9.50. The van der Waals surface area contributed by atoms with Gasteiger partial charge in [0.05, 0.1) is 11.7 Å². The summed E-state index contributed by atoms with van der Waals surface area (Å²) in [5.41, 5.74) is 3.36. The second-order valence-corrected chi connectivity index (χ2v) is 18.8. The zero-order chi connectivity index (χ0) is 24.8. The summed E-state index contributed by atoms with van der Waals surface area (Å²) in [6.45, 7) is 16.9. The molecule has 4 aliphatic rings. The van der Waals surface area contributed by atoms with E-state index in [2.05, 4.69) is 59.9 Å². The third-order valence-electron chi connectivity index (χ3n) is 11.4. The van der Waals surface area contributed by atoms with Crippen LogP contribution in [0, 0.1) is 40.4 Å². The predicted octanol–water partition coefficient (Wildman–Crippen LogP) is 9.35. The van der Waals surface area contributed by atoms with Crippen LogP contribution in [0.4, 0.5) is 0 Å². The fourth-order valence-corrected chi connectivity index (χ4v) is 10.2. The second-order valence-electron chi connectivity index (χ2n) is 14.1. The Kier molecular flexibility index (Phi) is 7.36. The van der Waals surface area contributed by atoms with E-state index in [1.807, 2.05) is 5.57 Å². The molecular formula is C31H51NOSi. The van der Waals surface area contributed by atoms with Gasteiger partial charge in [0.1, 0.15) is 0 Å². The van der Waals surface area contributed by atoms with E-state index in [0.29, 0.717) is 5.41 Å². The third kappa shape index (κ3) is 4.52. The van der Waals surface area contributed by atoms with Crippen molar-refractivity contribution < 1.29 is 4.43 Å². The van der Waals surface area contributed by atoms with Crippen LogP contribution in [0.3, 0.4) is 0 Å². The van der Waals surface area contributed by atoms with Gasteiger partial charge in [0.15, 0.2) is 8.32 Å². The Labute approximate surface area is 211 Å². The van der Waals surface area contributed by atoms with Crippen molar-refractivity contribution in [1.29, 1.82) is 5.26 Å². The molecule has 0 aromatic carbocycles. The lowest BCUT2D eigenvalue weighted by Crippen LogP contribution is -2.58. The normalized spacial score (nSPS) is 38.4. The molecule has 0 bridgehead atoms. The van der Waals surface area contributed by atoms with Crippen molar-refractivity contribution >= 4 is 8.32 Å². The van der Waals surface area contributed by atoms with Crippen molar-refractivity contribution in [1.82, 2.24) is 0 Å². The van der Waals surface area contributed by atoms with Gasteiger partial charge >= 0.3 is 0 Å². The predicted molar refractivity (Wildman–Crippen MR) is 146 cm³/mol. The molecule has 0 aromatic heterocycles. The van der Waals surface area contributed by atoms with E-state index in [1.165, 1.54) is 63.4 Å². The number of allylic oxidation sites excluding steroid dienone is 4. The molecule has 3 fully saturated rings. The SMILES string of the molecule is C/C(=C\C#N)CCC[C@]1(O[Si](C)(C)C(C)(C)C)CC[C@H]2[C@@H]3CCC4=CCCC[C@@H]4[C@H]3CC[C@@]21C. The van der Waals surface area contributed by atoms with Crippen LogP contribution in [0.15, 0.2) is 23.3 Å². The van der Waals surface area contributed by atoms with Gasteiger partial charge in [0.2, 0.25) is 0 Å². The molecule has 3 saturated carbocycles. The van der Waals surface area contributed by atoms with Crippen LogP contribution >= 0.6 is 0 Å². The number of fused-ring (bicyclic) bond motifs is 5. The van der Waals surface area contributed by atoms with Crippen molar-refractivity contribution in [3.63, 3.8) is 0 Å². The van der Waals surface area contributed by atoms with E-state index >= 15 is 0 Å². The first kappa shape index (κ1) is 26.2. The molecular weight excluding hydrogens is 430 g/mol. The molecule has 0 amide bonds. The van der Waals surface area contributed by atoms with Gasteiger partial charge in [-0.05, 0) is 131 Å². The Morgan fingerprint density at radius 1 is 1.18 bits per heavy atom. The minimum Gasteiger partial charge on any atom is -0.411 e. The van der Waals surface area contributed by atoms with Gasteiger partial charge < -0.3 is 4.43 Å². The minimum absolute atomic E-state index is 0.0151. The standard InChI is InChI=1S/C31H51NOSi/c1-23(18-22-32)11-10-19-31(33-34(6,7)29(2,3)4)21-17-28-27-15-14-24-12-8-9-13-25(24)26(27)16-20-30(28,31)5/h12,18,25-28H,8-11,13-17,19-21H2,1-7H3/b23-18+/t25-,26+,27+,28-,30-,31-/m0/s1. The Morgan fingerprint density at radius 3 is 2.65 bits per heavy atom. The van der Waals surface area contributed by atoms with Gasteiger partial charge in [0.25, 0.3) is 0 Å². The van der Waals surface area contributed by atoms with Crippen molar-refractivity contribution in [3.8, 4) is 6.07 Å². The molecule has 0 heterocycles. The second kappa shape index (κ2) is 9.55. The summed E-state index contributed by atoms with van der Waals surface area (Å²) >= 11 is 0. The maximum Gasteiger partial charge on any atom is 0.192 e. The molecule has 0 radical (unpaired) electrons. The zero-order valence-corrected chi connectivity index (χ0v) is 24.3. The van der Waals surface area contributed by atoms with Crippen LogP contribution in [0.25, 0.3) is 0 Å². The molecule has 2 nitrogen and oxygen atoms in total. The molecule has 3 heteroatoms. The van der Waals surface area contributed by atoms with Crippen molar-refractivity contribution in [2.75, 3.05) is 0 Å². The molecule has 0 unspecified atom stereocenters. The first-order valence-electron chi connectivity index (χ1n) is 14.4. The summed E-state index contributed by atoms with van der Waals surface area (Å²) in [6, 6.07) is 2.23. The maximum atomic E-state index is 9.08. The topological polar surface area (TPSA) is 33.0 Å². The molecule has 4 rings (SSSR count). The molecule has 6 atom stereocenters. The van der Waals surface area contributed by atoms with Crippen molar-refractivity contribution in [2.45, 2.75) is 135 Å². The van der Waals surface area contributed by atoms with Gasteiger partial charge in [0, 0.05) is 6.08 Å². The highest BCUT2D eigenvalue weighted by atomic mass is 28.4. The van der Waals surface area contributed by atoms with Crippen LogP contribution < -0.4 is 0 Å². The van der Waals surface area contributed by atoms with E-state index < -0.39 is 8.32 Å². The number of nitrogens with zero attached hydrogens (tertiary/aromatic N) is 1. The third-order valence-corrected chi connectivity index (χ3v) is 15.9. The van der Waals surface area contributed by atoms with Crippen LogP contribution in [-0.2, 0) is 4.43 Å². The van der Waals surface area contributed by atoms with E-state index in [4.69, 9.17) is 9.69 Å². The average molecular weight is 482 g/mol. The number of rotatable bonds is 6. The van der Waals surface area contributed by atoms with Crippen LogP contribution in [-0.4, -0.2) is 13.9 Å². The zero-order valence-electron chi connectivity index (χ0n) is 23.3. The molecule has 190 valence electrons. The molecule has 0 saturated heterocycles. The highest BCUT2D eigenvalue weighted by molar-refractivity contribution is 6.74. The van der Waals surface area contributed by atoms with E-state index in [-0.39, 0.29) is 10.6 Å². The molecule has 0 spiro atoms. The number of nitriles is 1. The highest BCUT2D eigenvalue weighted by Gasteiger charge is 2.64. The summed E-state index contributed by atoms with van der Waals surface area (Å²) in [6.07, 6.45) is 20.0. The first-order valence-corrected chi connectivity index (χ1v) is 17.3. The minimum atomic E-state index is -1.91. The fraction of sp³-hybridized carbons (Fsp3) is 0.839. The van der Waals surface area contributed by atoms with Gasteiger partial charge in [-0.1, -0.05) is 44.9 Å². The molecule has 34 heavy (non-hydrogen) atoms. The van der Waals surface area contributed by atoms with Crippen LogP contribution in [0.1, 0.15) is 112 Å². The Hall–Kier alpha value is -0.853. The van der Waals surface area contributed by atoms with Gasteiger partial charge in [-0.2, -0.15) is 5.26 Å². The molecule has 4 aliphatic carbocycles. The van der Waals surface area contributed by atoms with Gasteiger partial charge in [-0.15, -0.1) is 0 Å². The van der Waals surface area contributed by atoms with Gasteiger partial charge in [-0.3, -0.25) is 0 Å². The largest absolute Gasteiger partial charge is 0.411 e. The average Bonchev–Trinajstić information content (AvgIpc) is 3.04. The Bertz CT molecular complexity index is 858. The van der Waals surface area contributed by atoms with Crippen molar-refractivity contribution in [2.24, 2.45) is 29.1 Å². The van der Waals surface area contributed by atoms with E-state index in [9.17, 15) is 0 Å².